The Labute approximate surface area is 127 Å². The van der Waals surface area contributed by atoms with E-state index in [-0.39, 0.29) is 16.0 Å². The Morgan fingerprint density at radius 2 is 2.14 bits per heavy atom. The molecule has 1 aromatic carbocycles. The number of sulfonamides is 1. The average molecular weight is 329 g/mol. The quantitative estimate of drug-likeness (QED) is 0.886. The van der Waals surface area contributed by atoms with Crippen LogP contribution in [0.2, 0.25) is 0 Å². The summed E-state index contributed by atoms with van der Waals surface area (Å²) in [7, 11) is -3.87. The lowest BCUT2D eigenvalue weighted by molar-refractivity contribution is 0.281. The largest absolute Gasteiger partial charge is 0.392 e. The molecule has 0 radical (unpaired) electrons. The van der Waals surface area contributed by atoms with E-state index in [0.717, 1.165) is 11.6 Å². The number of hydrogen-bond acceptors (Lipinski definition) is 4. The van der Waals surface area contributed by atoms with Crippen molar-refractivity contribution in [3.63, 3.8) is 0 Å². The minimum Gasteiger partial charge on any atom is -0.392 e. The third-order valence-corrected chi connectivity index (χ3v) is 5.57. The van der Waals surface area contributed by atoms with Crippen LogP contribution in [0.25, 0.3) is 0 Å². The summed E-state index contributed by atoms with van der Waals surface area (Å²) in [5.41, 5.74) is 1.11. The Morgan fingerprint density at radius 1 is 1.43 bits per heavy atom. The number of nitrogens with one attached hydrogen (secondary N) is 1. The highest BCUT2D eigenvalue weighted by atomic mass is 32.2. The topological polar surface area (TPSA) is 66.4 Å². The molecule has 2 rings (SSSR count). The molecule has 114 valence electrons. The molecule has 2 aromatic rings. The van der Waals surface area contributed by atoms with E-state index in [0.29, 0.717) is 0 Å². The fraction of sp³-hybridized carbons (Fsp3) is 0.286. The molecule has 0 aliphatic carbocycles. The molecular formula is C14H16FNO3S2. The van der Waals surface area contributed by atoms with Crippen LogP contribution in [0.15, 0.2) is 33.9 Å². The van der Waals surface area contributed by atoms with Gasteiger partial charge < -0.3 is 5.11 Å². The van der Waals surface area contributed by atoms with E-state index in [2.05, 4.69) is 4.72 Å². The minimum absolute atomic E-state index is 0.0391. The third-order valence-electron chi connectivity index (χ3n) is 3.20. The van der Waals surface area contributed by atoms with Gasteiger partial charge in [0.25, 0.3) is 0 Å². The van der Waals surface area contributed by atoms with Crippen molar-refractivity contribution in [3.8, 4) is 0 Å². The summed E-state index contributed by atoms with van der Waals surface area (Å²) in [5.74, 6) is -0.648. The molecule has 1 aromatic heterocycles. The molecule has 0 saturated heterocycles. The molecule has 0 aliphatic heterocycles. The highest BCUT2D eigenvalue weighted by Gasteiger charge is 2.23. The molecule has 4 nitrogen and oxygen atoms in total. The van der Waals surface area contributed by atoms with Crippen LogP contribution in [-0.4, -0.2) is 13.5 Å². The van der Waals surface area contributed by atoms with E-state index in [1.807, 2.05) is 16.8 Å². The van der Waals surface area contributed by atoms with Crippen LogP contribution in [0.5, 0.6) is 0 Å². The Hall–Kier alpha value is -1.28. The summed E-state index contributed by atoms with van der Waals surface area (Å²) in [4.78, 5) is -0.145. The second kappa shape index (κ2) is 6.23. The monoisotopic (exact) mass is 329 g/mol. The van der Waals surface area contributed by atoms with Crippen molar-refractivity contribution in [2.75, 3.05) is 0 Å². The van der Waals surface area contributed by atoms with Gasteiger partial charge >= 0.3 is 0 Å². The van der Waals surface area contributed by atoms with Crippen molar-refractivity contribution in [1.29, 1.82) is 0 Å². The summed E-state index contributed by atoms with van der Waals surface area (Å²) in [6, 6.07) is 3.84. The van der Waals surface area contributed by atoms with E-state index in [4.69, 9.17) is 5.11 Å². The van der Waals surface area contributed by atoms with E-state index < -0.39 is 28.5 Å². The molecular weight excluding hydrogens is 313 g/mol. The lowest BCUT2D eigenvalue weighted by atomic mass is 10.1. The molecule has 0 bridgehead atoms. The molecule has 21 heavy (non-hydrogen) atoms. The first kappa shape index (κ1) is 16.1. The fourth-order valence-electron chi connectivity index (χ4n) is 1.96. The predicted molar refractivity (Wildman–Crippen MR) is 80.1 cm³/mol. The van der Waals surface area contributed by atoms with Crippen LogP contribution in [0.3, 0.4) is 0 Å². The van der Waals surface area contributed by atoms with Gasteiger partial charge in [-0.2, -0.15) is 11.3 Å². The molecule has 1 unspecified atom stereocenters. The highest BCUT2D eigenvalue weighted by Crippen LogP contribution is 2.23. The number of aliphatic hydroxyl groups excluding tert-OH is 1. The number of halogens is 1. The molecule has 2 N–H and O–H groups in total. The van der Waals surface area contributed by atoms with Crippen molar-refractivity contribution in [2.45, 2.75) is 31.4 Å². The van der Waals surface area contributed by atoms with Gasteiger partial charge in [0, 0.05) is 11.6 Å². The SMILES string of the molecule is Cc1c(F)cc(CO)cc1S(=O)(=O)NC(C)c1ccsc1. The fourth-order valence-corrected chi connectivity index (χ4v) is 4.25. The molecule has 7 heteroatoms. The summed E-state index contributed by atoms with van der Waals surface area (Å²) in [6.07, 6.45) is 0. The highest BCUT2D eigenvalue weighted by molar-refractivity contribution is 7.89. The molecule has 0 spiro atoms. The predicted octanol–water partition coefficient (Wildman–Crippen LogP) is 2.73. The van der Waals surface area contributed by atoms with Crippen molar-refractivity contribution < 1.29 is 17.9 Å². The third kappa shape index (κ3) is 3.49. The van der Waals surface area contributed by atoms with Gasteiger partial charge in [-0.15, -0.1) is 0 Å². The Kier molecular flexibility index (Phi) is 4.77. The summed E-state index contributed by atoms with van der Waals surface area (Å²) in [5, 5.41) is 12.8. The first-order valence-electron chi connectivity index (χ1n) is 6.29. The van der Waals surface area contributed by atoms with Crippen molar-refractivity contribution in [1.82, 2.24) is 4.72 Å². The van der Waals surface area contributed by atoms with Gasteiger partial charge in [0.05, 0.1) is 11.5 Å². The lowest BCUT2D eigenvalue weighted by Gasteiger charge is -2.15. The summed E-state index contributed by atoms with van der Waals surface area (Å²) in [6.45, 7) is 2.71. The number of rotatable bonds is 5. The molecule has 1 atom stereocenters. The smallest absolute Gasteiger partial charge is 0.241 e. The maximum Gasteiger partial charge on any atom is 0.241 e. The van der Waals surface area contributed by atoms with Crippen molar-refractivity contribution >= 4 is 21.4 Å². The first-order valence-corrected chi connectivity index (χ1v) is 8.72. The van der Waals surface area contributed by atoms with Crippen LogP contribution in [0, 0.1) is 12.7 Å². The van der Waals surface area contributed by atoms with Crippen LogP contribution in [-0.2, 0) is 16.6 Å². The van der Waals surface area contributed by atoms with Crippen LogP contribution in [0.4, 0.5) is 4.39 Å². The lowest BCUT2D eigenvalue weighted by Crippen LogP contribution is -2.27. The summed E-state index contributed by atoms with van der Waals surface area (Å²) < 4.78 is 41.1. The zero-order valence-electron chi connectivity index (χ0n) is 11.6. The molecule has 0 amide bonds. The molecule has 0 fully saturated rings. The Morgan fingerprint density at radius 3 is 2.71 bits per heavy atom. The molecule has 1 heterocycles. The van der Waals surface area contributed by atoms with Gasteiger partial charge in [0.15, 0.2) is 0 Å². The standard InChI is InChI=1S/C14H16FNO3S2/c1-9-13(15)5-11(7-17)6-14(9)21(18,19)16-10(2)12-3-4-20-8-12/h3-6,8,10,16-17H,7H2,1-2H3. The summed E-state index contributed by atoms with van der Waals surface area (Å²) >= 11 is 1.47. The first-order chi connectivity index (χ1) is 9.85. The van der Waals surface area contributed by atoms with Crippen LogP contribution < -0.4 is 4.72 Å². The minimum atomic E-state index is -3.87. The number of hydrogen-bond donors (Lipinski definition) is 2. The normalized spacial score (nSPS) is 13.3. The van der Waals surface area contributed by atoms with E-state index in [1.165, 1.54) is 24.3 Å². The van der Waals surface area contributed by atoms with Crippen LogP contribution in [0.1, 0.15) is 29.7 Å². The van der Waals surface area contributed by atoms with Crippen LogP contribution >= 0.6 is 11.3 Å². The Balaban J connectivity index is 2.38. The van der Waals surface area contributed by atoms with Gasteiger partial charge in [-0.05, 0) is 53.9 Å². The number of benzene rings is 1. The van der Waals surface area contributed by atoms with Gasteiger partial charge in [-0.3, -0.25) is 0 Å². The van der Waals surface area contributed by atoms with Gasteiger partial charge in [-0.1, -0.05) is 0 Å². The zero-order valence-corrected chi connectivity index (χ0v) is 13.3. The number of aliphatic hydroxyl groups is 1. The van der Waals surface area contributed by atoms with Crippen molar-refractivity contribution in [3.05, 3.63) is 51.5 Å². The van der Waals surface area contributed by atoms with E-state index in [9.17, 15) is 12.8 Å². The Bertz CT molecular complexity index is 727. The van der Waals surface area contributed by atoms with E-state index >= 15 is 0 Å². The van der Waals surface area contributed by atoms with E-state index in [1.54, 1.807) is 6.92 Å². The van der Waals surface area contributed by atoms with Gasteiger partial charge in [0.2, 0.25) is 10.0 Å². The van der Waals surface area contributed by atoms with Crippen molar-refractivity contribution in [2.24, 2.45) is 0 Å². The maximum absolute atomic E-state index is 13.8. The maximum atomic E-state index is 13.8. The second-order valence-corrected chi connectivity index (χ2v) is 7.22. The van der Waals surface area contributed by atoms with Gasteiger partial charge in [0.1, 0.15) is 5.82 Å². The van der Waals surface area contributed by atoms with Gasteiger partial charge in [-0.25, -0.2) is 17.5 Å². The average Bonchev–Trinajstić information content (AvgIpc) is 2.95. The molecule has 0 saturated carbocycles. The zero-order chi connectivity index (χ0) is 15.6. The molecule has 0 aliphatic rings. The second-order valence-electron chi connectivity index (χ2n) is 4.76. The number of thiophene rings is 1.